The maximum absolute atomic E-state index is 12.1. The highest BCUT2D eigenvalue weighted by atomic mass is 16.2. The zero-order valence-electron chi connectivity index (χ0n) is 12.2. The van der Waals surface area contributed by atoms with Crippen LogP contribution in [0.4, 0.5) is 0 Å². The molecule has 0 aromatic rings. The summed E-state index contributed by atoms with van der Waals surface area (Å²) in [6, 6.07) is 0.0580. The van der Waals surface area contributed by atoms with Crippen LogP contribution < -0.4 is 0 Å². The van der Waals surface area contributed by atoms with Gasteiger partial charge in [-0.05, 0) is 38.1 Å². The number of carbonyl (C=O) groups excluding carboxylic acids is 1. The Bertz CT molecular complexity index is 293. The van der Waals surface area contributed by atoms with Gasteiger partial charge in [0.15, 0.2) is 0 Å². The van der Waals surface area contributed by atoms with Crippen molar-refractivity contribution >= 4 is 5.91 Å². The van der Waals surface area contributed by atoms with E-state index in [-0.39, 0.29) is 11.9 Å². The van der Waals surface area contributed by atoms with Gasteiger partial charge in [0, 0.05) is 20.6 Å². The third-order valence-electron chi connectivity index (χ3n) is 4.98. The van der Waals surface area contributed by atoms with Gasteiger partial charge in [0.2, 0.25) is 5.91 Å². The molecule has 1 unspecified atom stereocenters. The molecule has 1 spiro atoms. The van der Waals surface area contributed by atoms with Gasteiger partial charge in [-0.15, -0.1) is 0 Å². The molecule has 1 aliphatic heterocycles. The highest BCUT2D eigenvalue weighted by Gasteiger charge is 2.40. The molecule has 0 radical (unpaired) electrons. The third-order valence-corrected chi connectivity index (χ3v) is 4.98. The van der Waals surface area contributed by atoms with Crippen LogP contribution in [0.2, 0.25) is 0 Å². The lowest BCUT2D eigenvalue weighted by Crippen LogP contribution is -2.44. The molecule has 1 amide bonds. The summed E-state index contributed by atoms with van der Waals surface area (Å²) in [7, 11) is 3.71. The van der Waals surface area contributed by atoms with Crippen LogP contribution in [-0.2, 0) is 4.79 Å². The molecule has 2 rings (SSSR count). The predicted molar refractivity (Wildman–Crippen MR) is 74.5 cm³/mol. The molecular weight excluding hydrogens is 224 g/mol. The number of amides is 1. The van der Waals surface area contributed by atoms with E-state index in [1.54, 1.807) is 4.90 Å². The molecule has 0 N–H and O–H groups in total. The summed E-state index contributed by atoms with van der Waals surface area (Å²) in [5.74, 6) is 0.251. The lowest BCUT2D eigenvalue weighted by Gasteiger charge is -2.30. The molecule has 3 nitrogen and oxygen atoms in total. The summed E-state index contributed by atoms with van der Waals surface area (Å²) in [5.41, 5.74) is 0.539. The van der Waals surface area contributed by atoms with Crippen molar-refractivity contribution in [2.24, 2.45) is 5.41 Å². The minimum Gasteiger partial charge on any atom is -0.347 e. The Morgan fingerprint density at radius 2 is 1.72 bits per heavy atom. The number of rotatable bonds is 2. The second kappa shape index (κ2) is 5.60. The van der Waals surface area contributed by atoms with Crippen LogP contribution in [0.1, 0.15) is 51.9 Å². The van der Waals surface area contributed by atoms with Crippen molar-refractivity contribution in [1.29, 1.82) is 0 Å². The van der Waals surface area contributed by atoms with Crippen molar-refractivity contribution in [2.45, 2.75) is 57.9 Å². The lowest BCUT2D eigenvalue weighted by atomic mass is 9.80. The van der Waals surface area contributed by atoms with E-state index in [0.29, 0.717) is 5.41 Å². The molecule has 1 aliphatic carbocycles. The average molecular weight is 252 g/mol. The Morgan fingerprint density at radius 1 is 1.11 bits per heavy atom. The van der Waals surface area contributed by atoms with Crippen LogP contribution in [-0.4, -0.2) is 48.9 Å². The van der Waals surface area contributed by atoms with E-state index in [0.717, 1.165) is 13.1 Å². The minimum absolute atomic E-state index is 0.0580. The van der Waals surface area contributed by atoms with Gasteiger partial charge in [0.05, 0.1) is 6.04 Å². The van der Waals surface area contributed by atoms with Gasteiger partial charge in [0.25, 0.3) is 0 Å². The van der Waals surface area contributed by atoms with E-state index in [2.05, 4.69) is 11.8 Å². The van der Waals surface area contributed by atoms with Gasteiger partial charge in [-0.1, -0.05) is 25.7 Å². The molecule has 0 bridgehead atoms. The first kappa shape index (κ1) is 13.9. The van der Waals surface area contributed by atoms with Gasteiger partial charge in [-0.25, -0.2) is 0 Å². The molecule has 1 heterocycles. The van der Waals surface area contributed by atoms with Crippen LogP contribution in [0.5, 0.6) is 0 Å². The van der Waals surface area contributed by atoms with Gasteiger partial charge in [0.1, 0.15) is 0 Å². The Morgan fingerprint density at radius 3 is 2.28 bits per heavy atom. The van der Waals surface area contributed by atoms with Crippen molar-refractivity contribution < 1.29 is 4.79 Å². The van der Waals surface area contributed by atoms with E-state index in [1.165, 1.54) is 44.9 Å². The van der Waals surface area contributed by atoms with Crippen LogP contribution in [0.3, 0.4) is 0 Å². The van der Waals surface area contributed by atoms with Crippen LogP contribution >= 0.6 is 0 Å². The standard InChI is InChI=1S/C15H28N2O/c1-13(14(18)16(2)3)17-11-10-15(12-17)8-6-4-5-7-9-15/h13H,4-12H2,1-3H3. The minimum atomic E-state index is 0.0580. The Hall–Kier alpha value is -0.570. The Labute approximate surface area is 112 Å². The highest BCUT2D eigenvalue weighted by Crippen LogP contribution is 2.43. The topological polar surface area (TPSA) is 23.6 Å². The SMILES string of the molecule is CC(C(=O)N(C)C)N1CCC2(CCCCCC2)C1. The smallest absolute Gasteiger partial charge is 0.239 e. The molecule has 18 heavy (non-hydrogen) atoms. The fraction of sp³-hybridized carbons (Fsp3) is 0.933. The Kier molecular flexibility index (Phi) is 4.31. The second-order valence-corrected chi connectivity index (χ2v) is 6.54. The fourth-order valence-corrected chi connectivity index (χ4v) is 3.72. The first-order chi connectivity index (χ1) is 8.54. The number of hydrogen-bond donors (Lipinski definition) is 0. The van der Waals surface area contributed by atoms with Gasteiger partial charge < -0.3 is 4.90 Å². The molecule has 0 aromatic carbocycles. The molecule has 104 valence electrons. The summed E-state index contributed by atoms with van der Waals surface area (Å²) in [6.45, 7) is 4.33. The van der Waals surface area contributed by atoms with Crippen LogP contribution in [0.25, 0.3) is 0 Å². The first-order valence-corrected chi connectivity index (χ1v) is 7.49. The average Bonchev–Trinajstić information content (AvgIpc) is 2.61. The number of nitrogens with zero attached hydrogens (tertiary/aromatic N) is 2. The molecule has 2 aliphatic rings. The third kappa shape index (κ3) is 2.87. The van der Waals surface area contributed by atoms with E-state index in [4.69, 9.17) is 0 Å². The predicted octanol–water partition coefficient (Wildman–Crippen LogP) is 2.51. The summed E-state index contributed by atoms with van der Waals surface area (Å²) in [4.78, 5) is 16.2. The lowest BCUT2D eigenvalue weighted by molar-refractivity contribution is -0.133. The van der Waals surface area contributed by atoms with E-state index < -0.39 is 0 Å². The molecule has 3 heteroatoms. The van der Waals surface area contributed by atoms with Crippen LogP contribution in [0.15, 0.2) is 0 Å². The van der Waals surface area contributed by atoms with E-state index >= 15 is 0 Å². The molecule has 1 saturated heterocycles. The van der Waals surface area contributed by atoms with E-state index in [9.17, 15) is 4.79 Å². The highest BCUT2D eigenvalue weighted by molar-refractivity contribution is 5.81. The number of likely N-dealkylation sites (tertiary alicyclic amines) is 1. The largest absolute Gasteiger partial charge is 0.347 e. The van der Waals surface area contributed by atoms with Gasteiger partial charge in [-0.2, -0.15) is 0 Å². The quantitative estimate of drug-likeness (QED) is 0.754. The summed E-state index contributed by atoms with van der Waals surface area (Å²) >= 11 is 0. The molecule has 1 saturated carbocycles. The zero-order valence-corrected chi connectivity index (χ0v) is 12.2. The maximum atomic E-state index is 12.1. The van der Waals surface area contributed by atoms with Gasteiger partial charge in [-0.3, -0.25) is 9.69 Å². The maximum Gasteiger partial charge on any atom is 0.239 e. The molecule has 1 atom stereocenters. The van der Waals surface area contributed by atoms with Crippen molar-refractivity contribution in [2.75, 3.05) is 27.2 Å². The van der Waals surface area contributed by atoms with Crippen molar-refractivity contribution in [1.82, 2.24) is 9.80 Å². The monoisotopic (exact) mass is 252 g/mol. The van der Waals surface area contributed by atoms with E-state index in [1.807, 2.05) is 14.1 Å². The fourth-order valence-electron chi connectivity index (χ4n) is 3.72. The normalized spacial score (nSPS) is 25.9. The number of likely N-dealkylation sites (N-methyl/N-ethyl adjacent to an activating group) is 1. The van der Waals surface area contributed by atoms with Crippen molar-refractivity contribution in [3.8, 4) is 0 Å². The zero-order chi connectivity index (χ0) is 13.2. The van der Waals surface area contributed by atoms with Crippen molar-refractivity contribution in [3.63, 3.8) is 0 Å². The number of carbonyl (C=O) groups is 1. The first-order valence-electron chi connectivity index (χ1n) is 7.49. The Balaban J connectivity index is 1.96. The summed E-state index contributed by atoms with van der Waals surface area (Å²) < 4.78 is 0. The van der Waals surface area contributed by atoms with Crippen LogP contribution in [0, 0.1) is 5.41 Å². The summed E-state index contributed by atoms with van der Waals surface area (Å²) in [5, 5.41) is 0. The van der Waals surface area contributed by atoms with Gasteiger partial charge >= 0.3 is 0 Å². The molecular formula is C15H28N2O. The second-order valence-electron chi connectivity index (χ2n) is 6.54. The summed E-state index contributed by atoms with van der Waals surface area (Å²) in [6.07, 6.45) is 9.67. The van der Waals surface area contributed by atoms with Crippen molar-refractivity contribution in [3.05, 3.63) is 0 Å². The number of hydrogen-bond acceptors (Lipinski definition) is 2. The molecule has 0 aromatic heterocycles. The molecule has 2 fully saturated rings.